The van der Waals surface area contributed by atoms with Gasteiger partial charge in [0, 0.05) is 27.4 Å². The second-order valence-electron chi connectivity index (χ2n) is 6.90. The van der Waals surface area contributed by atoms with Crippen molar-refractivity contribution in [3.63, 3.8) is 0 Å². The van der Waals surface area contributed by atoms with Gasteiger partial charge in [-0.15, -0.1) is 0 Å². The molecule has 7 heteroatoms. The first kappa shape index (κ1) is 21.3. The topological polar surface area (TPSA) is 64.4 Å². The first-order chi connectivity index (χ1) is 14.9. The van der Waals surface area contributed by atoms with E-state index in [1.807, 2.05) is 43.3 Å². The maximum Gasteiger partial charge on any atom is 0.248 e. The smallest absolute Gasteiger partial charge is 0.248 e. The Balaban J connectivity index is 1.53. The Morgan fingerprint density at radius 2 is 1.97 bits per heavy atom. The van der Waals surface area contributed by atoms with Crippen LogP contribution in [0, 0.1) is 6.92 Å². The predicted molar refractivity (Wildman–Crippen MR) is 130 cm³/mol. The van der Waals surface area contributed by atoms with Crippen LogP contribution in [0.1, 0.15) is 11.1 Å². The number of anilines is 1. The molecule has 1 aromatic heterocycles. The SMILES string of the molecule is COc1c(Br)cc(Br)cc1/C=C/C(=O)Nc1ccc2oc(-c3cccc(C)c3)nc2c1. The van der Waals surface area contributed by atoms with Gasteiger partial charge in [0.2, 0.25) is 11.8 Å². The lowest BCUT2D eigenvalue weighted by Crippen LogP contribution is -2.07. The molecular weight excluding hydrogens is 524 g/mol. The maximum absolute atomic E-state index is 12.4. The molecule has 156 valence electrons. The normalized spacial score (nSPS) is 11.2. The summed E-state index contributed by atoms with van der Waals surface area (Å²) in [4.78, 5) is 17.0. The molecule has 0 unspecified atom stereocenters. The number of halogens is 2. The number of benzene rings is 3. The molecule has 0 aliphatic heterocycles. The van der Waals surface area contributed by atoms with Crippen molar-refractivity contribution in [3.8, 4) is 17.2 Å². The second-order valence-corrected chi connectivity index (χ2v) is 8.67. The van der Waals surface area contributed by atoms with Gasteiger partial charge in [0.25, 0.3) is 0 Å². The number of carbonyl (C=O) groups excluding carboxylic acids is 1. The summed E-state index contributed by atoms with van der Waals surface area (Å²) < 4.78 is 12.9. The van der Waals surface area contributed by atoms with Crippen LogP contribution in [0.3, 0.4) is 0 Å². The molecule has 3 aromatic carbocycles. The molecule has 31 heavy (non-hydrogen) atoms. The van der Waals surface area contributed by atoms with Crippen LogP contribution in [-0.4, -0.2) is 18.0 Å². The summed E-state index contributed by atoms with van der Waals surface area (Å²) in [6.07, 6.45) is 3.16. The van der Waals surface area contributed by atoms with E-state index >= 15 is 0 Å². The average molecular weight is 542 g/mol. The van der Waals surface area contributed by atoms with E-state index < -0.39 is 0 Å². The van der Waals surface area contributed by atoms with E-state index in [-0.39, 0.29) is 5.91 Å². The van der Waals surface area contributed by atoms with E-state index in [9.17, 15) is 4.79 Å². The first-order valence-corrected chi connectivity index (χ1v) is 11.0. The minimum atomic E-state index is -0.264. The van der Waals surface area contributed by atoms with Gasteiger partial charge in [-0.25, -0.2) is 4.98 Å². The number of methoxy groups -OCH3 is 1. The highest BCUT2D eigenvalue weighted by Crippen LogP contribution is 2.33. The summed E-state index contributed by atoms with van der Waals surface area (Å²) >= 11 is 6.91. The number of rotatable bonds is 5. The molecule has 0 fully saturated rings. The van der Waals surface area contributed by atoms with E-state index in [1.165, 1.54) is 6.08 Å². The second kappa shape index (κ2) is 9.08. The Kier molecular flexibility index (Phi) is 6.25. The van der Waals surface area contributed by atoms with Gasteiger partial charge in [0.1, 0.15) is 11.3 Å². The molecular formula is C24H18Br2N2O3. The van der Waals surface area contributed by atoms with Gasteiger partial charge in [-0.1, -0.05) is 33.6 Å². The van der Waals surface area contributed by atoms with Gasteiger partial charge in [0.15, 0.2) is 5.58 Å². The Morgan fingerprint density at radius 1 is 1.13 bits per heavy atom. The molecule has 0 spiro atoms. The molecule has 0 saturated carbocycles. The number of fused-ring (bicyclic) bond motifs is 1. The Morgan fingerprint density at radius 3 is 2.74 bits per heavy atom. The quantitative estimate of drug-likeness (QED) is 0.276. The lowest BCUT2D eigenvalue weighted by atomic mass is 10.1. The molecule has 4 aromatic rings. The molecule has 1 amide bonds. The molecule has 0 atom stereocenters. The number of nitrogens with zero attached hydrogens (tertiary/aromatic N) is 1. The van der Waals surface area contributed by atoms with Crippen LogP contribution in [0.4, 0.5) is 5.69 Å². The maximum atomic E-state index is 12.4. The number of hydrogen-bond donors (Lipinski definition) is 1. The third-order valence-electron chi connectivity index (χ3n) is 4.58. The molecule has 0 saturated heterocycles. The van der Waals surface area contributed by atoms with Crippen LogP contribution in [0.2, 0.25) is 0 Å². The summed E-state index contributed by atoms with van der Waals surface area (Å²) in [5, 5.41) is 2.86. The molecule has 5 nitrogen and oxygen atoms in total. The number of amides is 1. The Bertz CT molecular complexity index is 1310. The summed E-state index contributed by atoms with van der Waals surface area (Å²) in [7, 11) is 1.59. The number of carbonyl (C=O) groups is 1. The van der Waals surface area contributed by atoms with Crippen molar-refractivity contribution in [2.24, 2.45) is 0 Å². The highest BCUT2D eigenvalue weighted by atomic mass is 79.9. The Labute approximate surface area is 196 Å². The van der Waals surface area contributed by atoms with Gasteiger partial charge in [-0.05, 0) is 71.4 Å². The van der Waals surface area contributed by atoms with Gasteiger partial charge in [0.05, 0.1) is 11.6 Å². The van der Waals surface area contributed by atoms with Crippen molar-refractivity contribution < 1.29 is 13.9 Å². The number of aryl methyl sites for hydroxylation is 1. The van der Waals surface area contributed by atoms with Crippen molar-refractivity contribution in [2.45, 2.75) is 6.92 Å². The minimum absolute atomic E-state index is 0.264. The zero-order valence-corrected chi connectivity index (χ0v) is 20.0. The Hall–Kier alpha value is -2.90. The van der Waals surface area contributed by atoms with Crippen LogP contribution >= 0.6 is 31.9 Å². The van der Waals surface area contributed by atoms with E-state index in [4.69, 9.17) is 9.15 Å². The van der Waals surface area contributed by atoms with Crippen molar-refractivity contribution in [2.75, 3.05) is 12.4 Å². The molecule has 0 aliphatic rings. The van der Waals surface area contributed by atoms with Gasteiger partial charge in [-0.3, -0.25) is 4.79 Å². The zero-order chi connectivity index (χ0) is 22.0. The predicted octanol–water partition coefficient (Wildman–Crippen LogP) is 6.99. The number of ether oxygens (including phenoxy) is 1. The fraction of sp³-hybridized carbons (Fsp3) is 0.0833. The molecule has 4 rings (SSSR count). The van der Waals surface area contributed by atoms with Crippen LogP contribution in [0.5, 0.6) is 5.75 Å². The monoisotopic (exact) mass is 540 g/mol. The fourth-order valence-corrected chi connectivity index (χ4v) is 4.60. The molecule has 0 bridgehead atoms. The van der Waals surface area contributed by atoms with Crippen molar-refractivity contribution >= 4 is 60.6 Å². The fourth-order valence-electron chi connectivity index (χ4n) is 3.18. The minimum Gasteiger partial charge on any atom is -0.495 e. The molecule has 1 heterocycles. The molecule has 1 N–H and O–H groups in total. The van der Waals surface area contributed by atoms with Crippen LogP contribution in [-0.2, 0) is 4.79 Å². The van der Waals surface area contributed by atoms with Crippen LogP contribution < -0.4 is 10.1 Å². The highest BCUT2D eigenvalue weighted by molar-refractivity contribution is 9.11. The first-order valence-electron chi connectivity index (χ1n) is 9.42. The van der Waals surface area contributed by atoms with Crippen molar-refractivity contribution in [1.82, 2.24) is 4.98 Å². The largest absolute Gasteiger partial charge is 0.495 e. The lowest BCUT2D eigenvalue weighted by molar-refractivity contribution is -0.111. The average Bonchev–Trinajstić information content (AvgIpc) is 3.15. The summed E-state index contributed by atoms with van der Waals surface area (Å²) in [6.45, 7) is 2.02. The summed E-state index contributed by atoms with van der Waals surface area (Å²) in [5.74, 6) is 0.939. The number of aromatic nitrogens is 1. The van der Waals surface area contributed by atoms with Crippen molar-refractivity contribution in [3.05, 3.63) is 80.7 Å². The van der Waals surface area contributed by atoms with Crippen molar-refractivity contribution in [1.29, 1.82) is 0 Å². The summed E-state index contributed by atoms with van der Waals surface area (Å²) in [6, 6.07) is 17.1. The van der Waals surface area contributed by atoms with Gasteiger partial charge in [-0.2, -0.15) is 0 Å². The molecule has 0 aliphatic carbocycles. The highest BCUT2D eigenvalue weighted by Gasteiger charge is 2.10. The van der Waals surface area contributed by atoms with Gasteiger partial charge >= 0.3 is 0 Å². The number of hydrogen-bond acceptors (Lipinski definition) is 4. The summed E-state index contributed by atoms with van der Waals surface area (Å²) in [5.41, 5.74) is 4.79. The van der Waals surface area contributed by atoms with E-state index in [2.05, 4.69) is 42.2 Å². The van der Waals surface area contributed by atoms with Crippen LogP contribution in [0.15, 0.2) is 74.0 Å². The van der Waals surface area contributed by atoms with E-state index in [0.29, 0.717) is 28.4 Å². The van der Waals surface area contributed by atoms with E-state index in [1.54, 1.807) is 31.4 Å². The zero-order valence-electron chi connectivity index (χ0n) is 16.8. The van der Waals surface area contributed by atoms with E-state index in [0.717, 1.165) is 25.6 Å². The lowest BCUT2D eigenvalue weighted by Gasteiger charge is -2.08. The van der Waals surface area contributed by atoms with Crippen LogP contribution in [0.25, 0.3) is 28.6 Å². The number of oxazole rings is 1. The van der Waals surface area contributed by atoms with Gasteiger partial charge < -0.3 is 14.5 Å². The third kappa shape index (κ3) is 4.89. The number of nitrogens with one attached hydrogen (secondary N) is 1. The molecule has 0 radical (unpaired) electrons. The third-order valence-corrected chi connectivity index (χ3v) is 5.62. The standard InChI is InChI=1S/C24H18Br2N2O3/c1-14-4-3-5-16(10-14)24-28-20-13-18(7-8-21(20)31-24)27-22(29)9-6-15-11-17(25)12-19(26)23(15)30-2/h3-13H,1-2H3,(H,27,29)/b9-6+.